The summed E-state index contributed by atoms with van der Waals surface area (Å²) >= 11 is 0. The molecule has 0 spiro atoms. The topological polar surface area (TPSA) is 65.5 Å². The van der Waals surface area contributed by atoms with Gasteiger partial charge in [0.25, 0.3) is 5.91 Å². The average molecular weight is 387 g/mol. The number of hydrogen-bond donors (Lipinski definition) is 2. The van der Waals surface area contributed by atoms with Crippen molar-refractivity contribution in [2.45, 2.75) is 31.3 Å². The van der Waals surface area contributed by atoms with Crippen LogP contribution < -0.4 is 5.32 Å². The molecule has 5 heteroatoms. The molecule has 2 N–H and O–H groups in total. The molecule has 5 nitrogen and oxygen atoms in total. The Bertz CT molecular complexity index is 1030. The molecule has 6 rings (SSSR count). The van der Waals surface area contributed by atoms with E-state index >= 15 is 0 Å². The van der Waals surface area contributed by atoms with Gasteiger partial charge < -0.3 is 10.4 Å². The second-order valence-electron chi connectivity index (χ2n) is 8.19. The highest BCUT2D eigenvalue weighted by Gasteiger charge is 2.43. The average Bonchev–Trinajstić information content (AvgIpc) is 2.77. The van der Waals surface area contributed by atoms with Crippen molar-refractivity contribution in [3.63, 3.8) is 0 Å². The van der Waals surface area contributed by atoms with E-state index in [4.69, 9.17) is 0 Å². The van der Waals surface area contributed by atoms with Crippen molar-refractivity contribution in [3.8, 4) is 5.75 Å². The zero-order valence-corrected chi connectivity index (χ0v) is 16.3. The molecule has 3 aliphatic heterocycles. The van der Waals surface area contributed by atoms with Crippen LogP contribution in [0.25, 0.3) is 10.8 Å². The number of phenols is 1. The van der Waals surface area contributed by atoms with Crippen LogP contribution in [0.5, 0.6) is 5.75 Å². The Balaban J connectivity index is 1.41. The quantitative estimate of drug-likeness (QED) is 0.720. The molecule has 29 heavy (non-hydrogen) atoms. The molecule has 2 aromatic carbocycles. The number of piperidine rings is 3. The first-order chi connectivity index (χ1) is 14.2. The maximum atomic E-state index is 13.1. The number of rotatable bonds is 4. The third kappa shape index (κ3) is 3.36. The standard InChI is InChI=1S/C24H25N3O2/c28-23-19-6-2-1-5-17(19)7-8-20(23)24(29)26-22-18-9-12-27(13-10-18)21(22)14-16-4-3-11-25-15-16/h1-8,11,15,18,21-22,28H,9-10,12-14H2,(H,26,29)/t21-,22-/m1/s1. The number of nitrogens with one attached hydrogen (secondary N) is 1. The number of nitrogens with zero attached hydrogens (tertiary/aromatic N) is 2. The SMILES string of the molecule is O=C(N[C@@H]1C2CCN(CC2)[C@@H]1Cc1cccnc1)c1ccc2ccccc2c1O. The molecule has 0 aliphatic carbocycles. The fraction of sp³-hybridized carbons (Fsp3) is 0.333. The third-order valence-electron chi connectivity index (χ3n) is 6.58. The van der Waals surface area contributed by atoms with Crippen LogP contribution in [0.2, 0.25) is 0 Å². The number of aromatic hydroxyl groups is 1. The number of carbonyl (C=O) groups is 1. The maximum Gasteiger partial charge on any atom is 0.255 e. The number of phenolic OH excluding ortho intramolecular Hbond substituents is 1. The molecule has 3 aromatic rings. The molecule has 2 bridgehead atoms. The van der Waals surface area contributed by atoms with Gasteiger partial charge in [0, 0.05) is 29.9 Å². The summed E-state index contributed by atoms with van der Waals surface area (Å²) in [7, 11) is 0. The fourth-order valence-corrected chi connectivity index (χ4v) is 5.05. The van der Waals surface area contributed by atoms with E-state index in [0.717, 1.165) is 37.7 Å². The predicted octanol–water partition coefficient (Wildman–Crippen LogP) is 3.38. The molecule has 148 valence electrons. The van der Waals surface area contributed by atoms with Crippen LogP contribution in [0.3, 0.4) is 0 Å². The summed E-state index contributed by atoms with van der Waals surface area (Å²) in [6.45, 7) is 2.17. The summed E-state index contributed by atoms with van der Waals surface area (Å²) in [5.74, 6) is 0.349. The lowest BCUT2D eigenvalue weighted by molar-refractivity contribution is 0.0135. The summed E-state index contributed by atoms with van der Waals surface area (Å²) in [6.07, 6.45) is 6.80. The first-order valence-corrected chi connectivity index (χ1v) is 10.4. The number of aromatic nitrogens is 1. The number of amides is 1. The van der Waals surface area contributed by atoms with E-state index in [1.807, 2.05) is 42.6 Å². The summed E-state index contributed by atoms with van der Waals surface area (Å²) in [4.78, 5) is 19.9. The van der Waals surface area contributed by atoms with Crippen LogP contribution in [0.1, 0.15) is 28.8 Å². The normalized spacial score (nSPS) is 25.8. The minimum absolute atomic E-state index is 0.0608. The maximum absolute atomic E-state index is 13.1. The fourth-order valence-electron chi connectivity index (χ4n) is 5.05. The van der Waals surface area contributed by atoms with Crippen LogP contribution in [-0.2, 0) is 6.42 Å². The molecule has 1 amide bonds. The van der Waals surface area contributed by atoms with E-state index in [1.165, 1.54) is 5.56 Å². The molecule has 2 atom stereocenters. The molecule has 0 radical (unpaired) electrons. The van der Waals surface area contributed by atoms with Gasteiger partial charge in [-0.15, -0.1) is 0 Å². The molecule has 0 unspecified atom stereocenters. The van der Waals surface area contributed by atoms with Crippen molar-refractivity contribution in [3.05, 3.63) is 72.1 Å². The molecule has 3 fully saturated rings. The number of pyridine rings is 1. The molecular formula is C24H25N3O2. The van der Waals surface area contributed by atoms with E-state index in [9.17, 15) is 9.90 Å². The van der Waals surface area contributed by atoms with Crippen LogP contribution in [0.15, 0.2) is 60.9 Å². The summed E-state index contributed by atoms with van der Waals surface area (Å²) in [5.41, 5.74) is 1.54. The monoisotopic (exact) mass is 387 g/mol. The van der Waals surface area contributed by atoms with Crippen molar-refractivity contribution in [1.29, 1.82) is 0 Å². The number of carbonyl (C=O) groups excluding carboxylic acids is 1. The van der Waals surface area contributed by atoms with Crippen molar-refractivity contribution >= 4 is 16.7 Å². The zero-order chi connectivity index (χ0) is 19.8. The van der Waals surface area contributed by atoms with Gasteiger partial charge in [-0.1, -0.05) is 36.4 Å². The Morgan fingerprint density at radius 1 is 1.10 bits per heavy atom. The Labute approximate surface area is 170 Å². The van der Waals surface area contributed by atoms with Gasteiger partial charge in [0.1, 0.15) is 5.75 Å². The largest absolute Gasteiger partial charge is 0.506 e. The Morgan fingerprint density at radius 3 is 2.72 bits per heavy atom. The van der Waals surface area contributed by atoms with Crippen molar-refractivity contribution in [2.75, 3.05) is 13.1 Å². The van der Waals surface area contributed by atoms with Crippen molar-refractivity contribution in [1.82, 2.24) is 15.2 Å². The Morgan fingerprint density at radius 2 is 1.93 bits per heavy atom. The van der Waals surface area contributed by atoms with Gasteiger partial charge in [0.15, 0.2) is 0 Å². The van der Waals surface area contributed by atoms with Gasteiger partial charge in [-0.2, -0.15) is 0 Å². The minimum Gasteiger partial charge on any atom is -0.506 e. The van der Waals surface area contributed by atoms with Crippen LogP contribution in [-0.4, -0.2) is 46.1 Å². The molecular weight excluding hydrogens is 362 g/mol. The summed E-state index contributed by atoms with van der Waals surface area (Å²) < 4.78 is 0. The van der Waals surface area contributed by atoms with Crippen molar-refractivity contribution in [2.24, 2.45) is 5.92 Å². The Hall–Kier alpha value is -2.92. The van der Waals surface area contributed by atoms with Gasteiger partial charge in [-0.05, 0) is 61.4 Å². The second kappa shape index (κ2) is 7.48. The smallest absolute Gasteiger partial charge is 0.255 e. The minimum atomic E-state index is -0.191. The van der Waals surface area contributed by atoms with Gasteiger partial charge in [0.2, 0.25) is 0 Å². The molecule has 4 heterocycles. The lowest BCUT2D eigenvalue weighted by Crippen LogP contribution is -2.64. The highest BCUT2D eigenvalue weighted by molar-refractivity contribution is 6.03. The molecule has 1 aromatic heterocycles. The van der Waals surface area contributed by atoms with Crippen LogP contribution in [0, 0.1) is 5.92 Å². The van der Waals surface area contributed by atoms with Gasteiger partial charge in [-0.25, -0.2) is 0 Å². The third-order valence-corrected chi connectivity index (χ3v) is 6.58. The lowest BCUT2D eigenvalue weighted by Gasteiger charge is -2.51. The molecule has 3 saturated heterocycles. The summed E-state index contributed by atoms with van der Waals surface area (Å²) in [6, 6.07) is 15.6. The van der Waals surface area contributed by atoms with Crippen molar-refractivity contribution < 1.29 is 9.90 Å². The predicted molar refractivity (Wildman–Crippen MR) is 113 cm³/mol. The number of fused-ring (bicyclic) bond motifs is 4. The van der Waals surface area contributed by atoms with Crippen LogP contribution >= 0.6 is 0 Å². The first kappa shape index (κ1) is 18.1. The summed E-state index contributed by atoms with van der Waals surface area (Å²) in [5, 5.41) is 15.6. The van der Waals surface area contributed by atoms with Gasteiger partial charge >= 0.3 is 0 Å². The number of hydrogen-bond acceptors (Lipinski definition) is 4. The first-order valence-electron chi connectivity index (χ1n) is 10.4. The second-order valence-corrected chi connectivity index (χ2v) is 8.19. The van der Waals surface area contributed by atoms with Gasteiger partial charge in [0.05, 0.1) is 5.56 Å². The van der Waals surface area contributed by atoms with Gasteiger partial charge in [-0.3, -0.25) is 14.7 Å². The highest BCUT2D eigenvalue weighted by Crippen LogP contribution is 2.35. The zero-order valence-electron chi connectivity index (χ0n) is 16.3. The lowest BCUT2D eigenvalue weighted by atomic mass is 9.76. The highest BCUT2D eigenvalue weighted by atomic mass is 16.3. The molecule has 0 saturated carbocycles. The van der Waals surface area contributed by atoms with Crippen LogP contribution in [0.4, 0.5) is 0 Å². The van der Waals surface area contributed by atoms with E-state index < -0.39 is 0 Å². The number of benzene rings is 2. The van der Waals surface area contributed by atoms with E-state index in [2.05, 4.69) is 21.3 Å². The Kier molecular flexibility index (Phi) is 4.68. The van der Waals surface area contributed by atoms with E-state index in [-0.39, 0.29) is 23.7 Å². The van der Waals surface area contributed by atoms with E-state index in [0.29, 0.717) is 16.9 Å². The van der Waals surface area contributed by atoms with E-state index in [1.54, 1.807) is 12.3 Å². The molecule has 3 aliphatic rings.